The number of likely N-dealkylation sites (tertiary alicyclic amines) is 1. The minimum absolute atomic E-state index is 0.0756. The highest BCUT2D eigenvalue weighted by Crippen LogP contribution is 2.22. The van der Waals surface area contributed by atoms with E-state index in [9.17, 15) is 9.59 Å². The topological polar surface area (TPSA) is 60.9 Å². The van der Waals surface area contributed by atoms with Gasteiger partial charge >= 0.3 is 5.97 Å². The van der Waals surface area contributed by atoms with E-state index in [1.54, 1.807) is 18.2 Å². The van der Waals surface area contributed by atoms with Crippen LogP contribution in [0.15, 0.2) is 24.3 Å². The fourth-order valence-corrected chi connectivity index (χ4v) is 3.08. The highest BCUT2D eigenvalue weighted by Gasteiger charge is 2.32. The van der Waals surface area contributed by atoms with Crippen LogP contribution in [0.1, 0.15) is 42.6 Å². The predicted molar refractivity (Wildman–Crippen MR) is 84.8 cm³/mol. The van der Waals surface area contributed by atoms with E-state index in [0.29, 0.717) is 12.1 Å². The Labute approximate surface area is 131 Å². The zero-order chi connectivity index (χ0) is 16.1. The molecule has 5 heteroatoms. The number of carbonyl (C=O) groups excluding carboxylic acids is 1. The van der Waals surface area contributed by atoms with Crippen LogP contribution in [0.4, 0.5) is 0 Å². The Bertz CT molecular complexity index is 540. The van der Waals surface area contributed by atoms with E-state index in [4.69, 9.17) is 5.11 Å². The van der Waals surface area contributed by atoms with Crippen molar-refractivity contribution in [2.45, 2.75) is 39.3 Å². The lowest BCUT2D eigenvalue weighted by molar-refractivity contribution is -0.135. The summed E-state index contributed by atoms with van der Waals surface area (Å²) >= 11 is 0. The fraction of sp³-hybridized carbons (Fsp3) is 0.529. The molecule has 0 aliphatic carbocycles. The number of nitrogens with zero attached hydrogens (tertiary/aromatic N) is 2. The molecule has 1 atom stereocenters. The second kappa shape index (κ2) is 7.40. The van der Waals surface area contributed by atoms with Gasteiger partial charge in [-0.15, -0.1) is 0 Å². The molecule has 2 rings (SSSR count). The van der Waals surface area contributed by atoms with Crippen molar-refractivity contribution in [2.75, 3.05) is 19.6 Å². The Morgan fingerprint density at radius 1 is 1.32 bits per heavy atom. The molecular weight excluding hydrogens is 280 g/mol. The number of amides is 1. The lowest BCUT2D eigenvalue weighted by Gasteiger charge is -2.29. The van der Waals surface area contributed by atoms with Crippen LogP contribution in [0.2, 0.25) is 0 Å². The van der Waals surface area contributed by atoms with E-state index in [0.717, 1.165) is 38.0 Å². The molecule has 0 aromatic heterocycles. The summed E-state index contributed by atoms with van der Waals surface area (Å²) < 4.78 is 0. The van der Waals surface area contributed by atoms with Crippen LogP contribution in [0.25, 0.3) is 0 Å². The Morgan fingerprint density at radius 3 is 2.68 bits per heavy atom. The average Bonchev–Trinajstić information content (AvgIpc) is 2.96. The maximum atomic E-state index is 12.6. The minimum atomic E-state index is -0.918. The van der Waals surface area contributed by atoms with Crippen LogP contribution >= 0.6 is 0 Å². The van der Waals surface area contributed by atoms with Gasteiger partial charge in [0.1, 0.15) is 0 Å². The van der Waals surface area contributed by atoms with Crippen molar-refractivity contribution in [1.82, 2.24) is 9.80 Å². The molecule has 0 bridgehead atoms. The first-order valence-electron chi connectivity index (χ1n) is 7.91. The smallest absolute Gasteiger partial charge is 0.335 e. The summed E-state index contributed by atoms with van der Waals surface area (Å²) in [6.45, 7) is 6.96. The summed E-state index contributed by atoms with van der Waals surface area (Å²) in [4.78, 5) is 27.7. The normalized spacial score (nSPS) is 18.4. The van der Waals surface area contributed by atoms with Gasteiger partial charge in [0.2, 0.25) is 5.91 Å². The molecule has 1 N–H and O–H groups in total. The number of hydrogen-bond acceptors (Lipinski definition) is 3. The molecule has 1 saturated heterocycles. The molecule has 0 spiro atoms. The SMILES string of the molecule is CCN(CC)C(=O)C1CCCN1Cc1cccc(C(=O)O)c1. The van der Waals surface area contributed by atoms with Crippen molar-refractivity contribution >= 4 is 11.9 Å². The molecule has 1 unspecified atom stereocenters. The van der Waals surface area contributed by atoms with E-state index < -0.39 is 5.97 Å². The van der Waals surface area contributed by atoms with Crippen molar-refractivity contribution in [3.8, 4) is 0 Å². The zero-order valence-electron chi connectivity index (χ0n) is 13.3. The van der Waals surface area contributed by atoms with Gasteiger partial charge in [-0.1, -0.05) is 12.1 Å². The number of aromatic carboxylic acids is 1. The van der Waals surface area contributed by atoms with E-state index in [1.165, 1.54) is 0 Å². The molecule has 1 fully saturated rings. The first-order valence-corrected chi connectivity index (χ1v) is 7.91. The number of benzene rings is 1. The average molecular weight is 304 g/mol. The number of carbonyl (C=O) groups is 2. The van der Waals surface area contributed by atoms with Crippen LogP contribution in [-0.4, -0.2) is 52.5 Å². The van der Waals surface area contributed by atoms with Gasteiger partial charge < -0.3 is 10.0 Å². The molecule has 1 aliphatic heterocycles. The number of carboxylic acid groups (broad SMARTS) is 1. The Hall–Kier alpha value is -1.88. The van der Waals surface area contributed by atoms with Gasteiger partial charge in [0.15, 0.2) is 0 Å². The zero-order valence-corrected chi connectivity index (χ0v) is 13.3. The van der Waals surface area contributed by atoms with Gasteiger partial charge in [0.25, 0.3) is 0 Å². The fourth-order valence-electron chi connectivity index (χ4n) is 3.08. The van der Waals surface area contributed by atoms with E-state index in [1.807, 2.05) is 24.8 Å². The summed E-state index contributed by atoms with van der Waals surface area (Å²) in [5, 5.41) is 9.07. The number of carboxylic acids is 1. The minimum Gasteiger partial charge on any atom is -0.478 e. The van der Waals surface area contributed by atoms with Gasteiger partial charge in [-0.05, 0) is 50.9 Å². The van der Waals surface area contributed by atoms with Gasteiger partial charge in [0.05, 0.1) is 11.6 Å². The third kappa shape index (κ3) is 3.65. The maximum absolute atomic E-state index is 12.6. The third-order valence-electron chi connectivity index (χ3n) is 4.28. The van der Waals surface area contributed by atoms with E-state index in [2.05, 4.69) is 4.90 Å². The molecular formula is C17H24N2O3. The Kier molecular flexibility index (Phi) is 5.55. The Balaban J connectivity index is 2.09. The monoisotopic (exact) mass is 304 g/mol. The second-order valence-corrected chi connectivity index (χ2v) is 5.64. The summed E-state index contributed by atoms with van der Waals surface area (Å²) in [7, 11) is 0. The first kappa shape index (κ1) is 16.5. The lowest BCUT2D eigenvalue weighted by atomic mass is 10.1. The van der Waals surface area contributed by atoms with E-state index in [-0.39, 0.29) is 11.9 Å². The van der Waals surface area contributed by atoms with Crippen LogP contribution in [-0.2, 0) is 11.3 Å². The predicted octanol–water partition coefficient (Wildman–Crippen LogP) is 2.22. The number of hydrogen-bond donors (Lipinski definition) is 1. The Morgan fingerprint density at radius 2 is 2.05 bits per heavy atom. The van der Waals surface area contributed by atoms with Gasteiger partial charge in [-0.3, -0.25) is 9.69 Å². The molecule has 0 radical (unpaired) electrons. The second-order valence-electron chi connectivity index (χ2n) is 5.64. The van der Waals surface area contributed by atoms with Crippen molar-refractivity contribution in [3.63, 3.8) is 0 Å². The van der Waals surface area contributed by atoms with Crippen molar-refractivity contribution in [1.29, 1.82) is 0 Å². The highest BCUT2D eigenvalue weighted by atomic mass is 16.4. The largest absolute Gasteiger partial charge is 0.478 e. The molecule has 1 aliphatic rings. The third-order valence-corrected chi connectivity index (χ3v) is 4.28. The van der Waals surface area contributed by atoms with Crippen molar-refractivity contribution in [2.24, 2.45) is 0 Å². The van der Waals surface area contributed by atoms with Gasteiger partial charge in [-0.25, -0.2) is 4.79 Å². The number of rotatable bonds is 6. The van der Waals surface area contributed by atoms with Crippen LogP contribution < -0.4 is 0 Å². The molecule has 5 nitrogen and oxygen atoms in total. The van der Waals surface area contributed by atoms with E-state index >= 15 is 0 Å². The molecule has 1 heterocycles. The number of likely N-dealkylation sites (N-methyl/N-ethyl adjacent to an activating group) is 1. The molecule has 1 aromatic rings. The van der Waals surface area contributed by atoms with Crippen molar-refractivity contribution in [3.05, 3.63) is 35.4 Å². The highest BCUT2D eigenvalue weighted by molar-refractivity contribution is 5.87. The first-order chi connectivity index (χ1) is 10.6. The van der Waals surface area contributed by atoms with Crippen molar-refractivity contribution < 1.29 is 14.7 Å². The summed E-state index contributed by atoms with van der Waals surface area (Å²) in [5.74, 6) is -0.726. The van der Waals surface area contributed by atoms with Crippen LogP contribution in [0, 0.1) is 0 Å². The summed E-state index contributed by atoms with van der Waals surface area (Å²) in [5.41, 5.74) is 1.24. The lowest BCUT2D eigenvalue weighted by Crippen LogP contribution is -2.45. The van der Waals surface area contributed by atoms with Gasteiger partial charge in [0, 0.05) is 19.6 Å². The summed E-state index contributed by atoms with van der Waals surface area (Å²) in [6.07, 6.45) is 1.89. The maximum Gasteiger partial charge on any atom is 0.335 e. The molecule has 120 valence electrons. The van der Waals surface area contributed by atoms with Crippen LogP contribution in [0.3, 0.4) is 0 Å². The summed E-state index contributed by atoms with van der Waals surface area (Å²) in [6, 6.07) is 6.89. The van der Waals surface area contributed by atoms with Gasteiger partial charge in [-0.2, -0.15) is 0 Å². The quantitative estimate of drug-likeness (QED) is 0.875. The molecule has 1 aromatic carbocycles. The molecule has 0 saturated carbocycles. The molecule has 1 amide bonds. The van der Waals surface area contributed by atoms with Crippen LogP contribution in [0.5, 0.6) is 0 Å². The standard InChI is InChI=1S/C17H24N2O3/c1-3-18(4-2)16(20)15-9-6-10-19(15)12-13-7-5-8-14(11-13)17(21)22/h5,7-8,11,15H,3-4,6,9-10,12H2,1-2H3,(H,21,22). The molecule has 22 heavy (non-hydrogen) atoms.